The van der Waals surface area contributed by atoms with E-state index in [9.17, 15) is 0 Å². The van der Waals surface area contributed by atoms with Gasteiger partial charge in [0.1, 0.15) is 0 Å². The van der Waals surface area contributed by atoms with E-state index >= 15 is 0 Å². The Kier molecular flexibility index (Phi) is 4.74. The Hall–Kier alpha value is -0.410. The lowest BCUT2D eigenvalue weighted by atomic mass is 10.0. The third kappa shape index (κ3) is 3.58. The molecule has 0 radical (unpaired) electrons. The van der Waals surface area contributed by atoms with Crippen LogP contribution < -0.4 is 5.32 Å². The lowest BCUT2D eigenvalue weighted by Crippen LogP contribution is -2.23. The molecule has 1 rings (SSSR count). The molecule has 84 valence electrons. The first-order valence-electron chi connectivity index (χ1n) is 5.39. The SMILES string of the molecule is CC(C)NCc1nccc(Br)c1C(C)C. The predicted molar refractivity (Wildman–Crippen MR) is 68.0 cm³/mol. The minimum Gasteiger partial charge on any atom is -0.309 e. The van der Waals surface area contributed by atoms with Crippen LogP contribution in [0.2, 0.25) is 0 Å². The van der Waals surface area contributed by atoms with Crippen molar-refractivity contribution in [3.8, 4) is 0 Å². The molecule has 0 unspecified atom stereocenters. The van der Waals surface area contributed by atoms with Crippen LogP contribution in [-0.4, -0.2) is 11.0 Å². The summed E-state index contributed by atoms with van der Waals surface area (Å²) in [6.45, 7) is 9.52. The summed E-state index contributed by atoms with van der Waals surface area (Å²) in [4.78, 5) is 4.44. The molecular weight excluding hydrogens is 252 g/mol. The molecule has 0 fully saturated rings. The molecular formula is C12H19BrN2. The maximum atomic E-state index is 4.44. The van der Waals surface area contributed by atoms with Crippen LogP contribution in [0.1, 0.15) is 44.9 Å². The fraction of sp³-hybridized carbons (Fsp3) is 0.583. The number of aromatic nitrogens is 1. The highest BCUT2D eigenvalue weighted by Crippen LogP contribution is 2.26. The van der Waals surface area contributed by atoms with E-state index in [1.165, 1.54) is 5.56 Å². The van der Waals surface area contributed by atoms with Gasteiger partial charge in [0, 0.05) is 23.3 Å². The van der Waals surface area contributed by atoms with Gasteiger partial charge in [-0.15, -0.1) is 0 Å². The van der Waals surface area contributed by atoms with Crippen molar-refractivity contribution in [2.45, 2.75) is 46.2 Å². The van der Waals surface area contributed by atoms with Gasteiger partial charge >= 0.3 is 0 Å². The van der Waals surface area contributed by atoms with Crippen molar-refractivity contribution < 1.29 is 0 Å². The maximum Gasteiger partial charge on any atom is 0.0587 e. The average Bonchev–Trinajstić information content (AvgIpc) is 2.13. The normalized spacial score (nSPS) is 11.4. The predicted octanol–water partition coefficient (Wildman–Crippen LogP) is 3.47. The lowest BCUT2D eigenvalue weighted by Gasteiger charge is -2.15. The van der Waals surface area contributed by atoms with E-state index in [-0.39, 0.29) is 0 Å². The molecule has 1 aromatic heterocycles. The molecule has 0 amide bonds. The summed E-state index contributed by atoms with van der Waals surface area (Å²) in [5.41, 5.74) is 2.46. The Balaban J connectivity index is 2.91. The van der Waals surface area contributed by atoms with Gasteiger partial charge in [0.25, 0.3) is 0 Å². The molecule has 0 atom stereocenters. The molecule has 1 N–H and O–H groups in total. The first-order chi connectivity index (χ1) is 7.02. The fourth-order valence-electron chi connectivity index (χ4n) is 1.54. The summed E-state index contributed by atoms with van der Waals surface area (Å²) in [5.74, 6) is 0.497. The highest BCUT2D eigenvalue weighted by Gasteiger charge is 2.11. The van der Waals surface area contributed by atoms with Gasteiger partial charge in [-0.25, -0.2) is 0 Å². The van der Waals surface area contributed by atoms with E-state index in [1.54, 1.807) is 0 Å². The minimum absolute atomic E-state index is 0.491. The van der Waals surface area contributed by atoms with Gasteiger partial charge in [0.15, 0.2) is 0 Å². The Morgan fingerprint density at radius 3 is 2.53 bits per heavy atom. The standard InChI is InChI=1S/C12H19BrN2/c1-8(2)12-10(13)5-6-14-11(12)7-15-9(3)4/h5-6,8-9,15H,7H2,1-4H3. The zero-order valence-electron chi connectivity index (χ0n) is 9.84. The first-order valence-corrected chi connectivity index (χ1v) is 6.18. The highest BCUT2D eigenvalue weighted by atomic mass is 79.9. The molecule has 2 nitrogen and oxygen atoms in total. The van der Waals surface area contributed by atoms with Crippen molar-refractivity contribution in [2.75, 3.05) is 0 Å². The molecule has 0 aromatic carbocycles. The van der Waals surface area contributed by atoms with Crippen LogP contribution >= 0.6 is 15.9 Å². The van der Waals surface area contributed by atoms with Crippen LogP contribution in [0.15, 0.2) is 16.7 Å². The Labute approximate surface area is 101 Å². The molecule has 1 aromatic rings. The molecule has 1 heterocycles. The van der Waals surface area contributed by atoms with Crippen LogP contribution in [0.25, 0.3) is 0 Å². The van der Waals surface area contributed by atoms with Gasteiger partial charge < -0.3 is 5.32 Å². The number of nitrogens with zero attached hydrogens (tertiary/aromatic N) is 1. The van der Waals surface area contributed by atoms with Gasteiger partial charge in [-0.1, -0.05) is 43.6 Å². The third-order valence-electron chi connectivity index (χ3n) is 2.27. The second-order valence-electron chi connectivity index (χ2n) is 4.34. The van der Waals surface area contributed by atoms with Crippen LogP contribution in [0, 0.1) is 0 Å². The molecule has 0 bridgehead atoms. The van der Waals surface area contributed by atoms with Crippen molar-refractivity contribution in [3.63, 3.8) is 0 Å². The number of nitrogens with one attached hydrogen (secondary N) is 1. The number of halogens is 1. The monoisotopic (exact) mass is 270 g/mol. The van der Waals surface area contributed by atoms with Crippen molar-refractivity contribution in [1.29, 1.82) is 0 Å². The van der Waals surface area contributed by atoms with Gasteiger partial charge in [0.05, 0.1) is 5.69 Å². The van der Waals surface area contributed by atoms with Crippen molar-refractivity contribution in [3.05, 3.63) is 28.0 Å². The number of hydrogen-bond donors (Lipinski definition) is 1. The quantitative estimate of drug-likeness (QED) is 0.907. The first kappa shape index (κ1) is 12.7. The highest BCUT2D eigenvalue weighted by molar-refractivity contribution is 9.10. The minimum atomic E-state index is 0.491. The smallest absolute Gasteiger partial charge is 0.0587 e. The van der Waals surface area contributed by atoms with Crippen molar-refractivity contribution >= 4 is 15.9 Å². The summed E-state index contributed by atoms with van der Waals surface area (Å²) in [5, 5.41) is 3.40. The van der Waals surface area contributed by atoms with Gasteiger partial charge in [-0.3, -0.25) is 4.98 Å². The van der Waals surface area contributed by atoms with E-state index in [1.807, 2.05) is 12.3 Å². The Bertz CT molecular complexity index is 321. The Morgan fingerprint density at radius 1 is 1.33 bits per heavy atom. The summed E-state index contributed by atoms with van der Waals surface area (Å²) in [7, 11) is 0. The molecule has 0 saturated carbocycles. The van der Waals surface area contributed by atoms with E-state index in [2.05, 4.69) is 53.9 Å². The fourth-order valence-corrected chi connectivity index (χ4v) is 2.35. The largest absolute Gasteiger partial charge is 0.309 e. The summed E-state index contributed by atoms with van der Waals surface area (Å²) >= 11 is 3.59. The average molecular weight is 271 g/mol. The number of pyridine rings is 1. The molecule has 0 saturated heterocycles. The topological polar surface area (TPSA) is 24.9 Å². The second-order valence-corrected chi connectivity index (χ2v) is 5.20. The van der Waals surface area contributed by atoms with Gasteiger partial charge in [-0.2, -0.15) is 0 Å². The Morgan fingerprint density at radius 2 is 2.00 bits per heavy atom. The lowest BCUT2D eigenvalue weighted by molar-refractivity contribution is 0.575. The van der Waals surface area contributed by atoms with E-state index in [4.69, 9.17) is 0 Å². The number of rotatable bonds is 4. The second kappa shape index (κ2) is 5.61. The zero-order valence-corrected chi connectivity index (χ0v) is 11.4. The number of hydrogen-bond acceptors (Lipinski definition) is 2. The van der Waals surface area contributed by atoms with Crippen LogP contribution in [0.5, 0.6) is 0 Å². The van der Waals surface area contributed by atoms with Crippen molar-refractivity contribution in [2.24, 2.45) is 0 Å². The molecule has 0 aliphatic rings. The van der Waals surface area contributed by atoms with Crippen LogP contribution in [0.4, 0.5) is 0 Å². The van der Waals surface area contributed by atoms with Crippen LogP contribution in [-0.2, 0) is 6.54 Å². The maximum absolute atomic E-state index is 4.44. The zero-order chi connectivity index (χ0) is 11.4. The molecule has 0 aliphatic carbocycles. The van der Waals surface area contributed by atoms with E-state index in [0.29, 0.717) is 12.0 Å². The molecule has 3 heteroatoms. The molecule has 15 heavy (non-hydrogen) atoms. The van der Waals surface area contributed by atoms with Gasteiger partial charge in [-0.05, 0) is 17.5 Å². The van der Waals surface area contributed by atoms with Crippen LogP contribution in [0.3, 0.4) is 0 Å². The van der Waals surface area contributed by atoms with Gasteiger partial charge in [0.2, 0.25) is 0 Å². The molecule has 0 aliphatic heterocycles. The molecule has 0 spiro atoms. The summed E-state index contributed by atoms with van der Waals surface area (Å²) in [6, 6.07) is 2.50. The van der Waals surface area contributed by atoms with Crippen molar-refractivity contribution in [1.82, 2.24) is 10.3 Å². The summed E-state index contributed by atoms with van der Waals surface area (Å²) in [6.07, 6.45) is 1.85. The van der Waals surface area contributed by atoms with E-state index < -0.39 is 0 Å². The van der Waals surface area contributed by atoms with E-state index in [0.717, 1.165) is 16.7 Å². The summed E-state index contributed by atoms with van der Waals surface area (Å²) < 4.78 is 1.16. The third-order valence-corrected chi connectivity index (χ3v) is 2.97.